The van der Waals surface area contributed by atoms with E-state index in [1.54, 1.807) is 12.1 Å². The van der Waals surface area contributed by atoms with Crippen molar-refractivity contribution in [2.75, 3.05) is 4.90 Å². The van der Waals surface area contributed by atoms with E-state index in [4.69, 9.17) is 0 Å². The summed E-state index contributed by atoms with van der Waals surface area (Å²) in [4.78, 5) is 28.7. The van der Waals surface area contributed by atoms with Crippen LogP contribution in [0.25, 0.3) is 16.8 Å². The quantitative estimate of drug-likeness (QED) is 0.167. The van der Waals surface area contributed by atoms with Crippen molar-refractivity contribution < 1.29 is 9.59 Å². The Morgan fingerprint density at radius 3 is 2.24 bits per heavy atom. The number of benzene rings is 5. The first-order valence-corrected chi connectivity index (χ1v) is 14.6. The van der Waals surface area contributed by atoms with E-state index in [0.717, 1.165) is 22.2 Å². The summed E-state index contributed by atoms with van der Waals surface area (Å²) >= 11 is 0. The van der Waals surface area contributed by atoms with Crippen LogP contribution in [0.3, 0.4) is 0 Å². The highest BCUT2D eigenvalue weighted by Gasteiger charge is 2.39. The smallest absolute Gasteiger partial charge is 0.197 e. The molecule has 42 heavy (non-hydrogen) atoms. The minimum Gasteiger partial charge on any atom is -0.310 e. The fourth-order valence-electron chi connectivity index (χ4n) is 6.73. The van der Waals surface area contributed by atoms with Crippen molar-refractivity contribution in [2.24, 2.45) is 0 Å². The SMILES string of the molecule is Cc1ccc2c(c1)C(=O)/C(=C\c1ccc3c4c(ccc3c1)N(c1ccccc1)c1ccc(C(C)C)cc1C4(C)C)C2=O. The van der Waals surface area contributed by atoms with E-state index >= 15 is 0 Å². The first-order chi connectivity index (χ1) is 20.1. The number of carbonyl (C=O) groups is 2. The Morgan fingerprint density at radius 1 is 0.738 bits per heavy atom. The van der Waals surface area contributed by atoms with Crippen LogP contribution in [0.2, 0.25) is 0 Å². The molecule has 1 aliphatic heterocycles. The molecule has 0 spiro atoms. The third-order valence-corrected chi connectivity index (χ3v) is 8.97. The molecule has 206 valence electrons. The fraction of sp³-hybridized carbons (Fsp3) is 0.179. The monoisotopic (exact) mass is 547 g/mol. The Morgan fingerprint density at radius 2 is 1.48 bits per heavy atom. The molecular weight excluding hydrogens is 514 g/mol. The van der Waals surface area contributed by atoms with Crippen molar-refractivity contribution in [3.63, 3.8) is 0 Å². The van der Waals surface area contributed by atoms with Crippen molar-refractivity contribution in [3.8, 4) is 0 Å². The van der Waals surface area contributed by atoms with Crippen molar-refractivity contribution in [1.29, 1.82) is 0 Å². The summed E-state index contributed by atoms with van der Waals surface area (Å²) in [6, 6.07) is 33.6. The zero-order chi connectivity index (χ0) is 29.3. The average Bonchev–Trinajstić information content (AvgIpc) is 3.21. The summed E-state index contributed by atoms with van der Waals surface area (Å²) in [5, 5.41) is 2.25. The van der Waals surface area contributed by atoms with E-state index in [0.29, 0.717) is 17.0 Å². The Labute approximate surface area is 247 Å². The molecule has 7 rings (SSSR count). The number of hydrogen-bond donors (Lipinski definition) is 0. The number of para-hydroxylation sites is 1. The van der Waals surface area contributed by atoms with Gasteiger partial charge in [0.2, 0.25) is 0 Å². The molecule has 0 unspecified atom stereocenters. The molecule has 5 aromatic rings. The van der Waals surface area contributed by atoms with Crippen molar-refractivity contribution >= 4 is 45.5 Å². The molecule has 0 amide bonds. The van der Waals surface area contributed by atoms with Crippen LogP contribution in [0.15, 0.2) is 103 Å². The van der Waals surface area contributed by atoms with Gasteiger partial charge >= 0.3 is 0 Å². The maximum absolute atomic E-state index is 13.2. The predicted molar refractivity (Wildman–Crippen MR) is 173 cm³/mol. The van der Waals surface area contributed by atoms with Gasteiger partial charge in [-0.3, -0.25) is 9.59 Å². The maximum Gasteiger partial charge on any atom is 0.197 e. The minimum absolute atomic E-state index is 0.193. The number of aryl methyl sites for hydroxylation is 1. The van der Waals surface area contributed by atoms with Gasteiger partial charge in [-0.15, -0.1) is 0 Å². The number of Topliss-reactive ketones (excluding diaryl/α,β-unsaturated/α-hetero) is 2. The van der Waals surface area contributed by atoms with E-state index in [-0.39, 0.29) is 22.6 Å². The maximum atomic E-state index is 13.2. The average molecular weight is 548 g/mol. The number of fused-ring (bicyclic) bond motifs is 5. The molecule has 3 nitrogen and oxygen atoms in total. The number of ketones is 2. The Balaban J connectivity index is 1.40. The topological polar surface area (TPSA) is 37.4 Å². The molecule has 2 aliphatic rings. The molecule has 0 N–H and O–H groups in total. The van der Waals surface area contributed by atoms with Gasteiger partial charge in [-0.25, -0.2) is 0 Å². The molecule has 1 heterocycles. The van der Waals surface area contributed by atoms with E-state index in [9.17, 15) is 9.59 Å². The summed E-state index contributed by atoms with van der Waals surface area (Å²) in [7, 11) is 0. The van der Waals surface area contributed by atoms with Crippen LogP contribution in [-0.2, 0) is 5.41 Å². The molecule has 1 aliphatic carbocycles. The second-order valence-electron chi connectivity index (χ2n) is 12.4. The fourth-order valence-corrected chi connectivity index (χ4v) is 6.73. The van der Waals surface area contributed by atoms with Crippen LogP contribution in [0.5, 0.6) is 0 Å². The summed E-state index contributed by atoms with van der Waals surface area (Å²) in [5.74, 6) is 0.0380. The lowest BCUT2D eigenvalue weighted by molar-refractivity contribution is 0.0990. The molecular formula is C39H33NO2. The highest BCUT2D eigenvalue weighted by Crippen LogP contribution is 2.54. The molecule has 0 atom stereocenters. The van der Waals surface area contributed by atoms with E-state index in [1.807, 2.05) is 25.1 Å². The summed E-state index contributed by atoms with van der Waals surface area (Å²) in [6.45, 7) is 11.1. The van der Waals surface area contributed by atoms with Crippen LogP contribution in [-0.4, -0.2) is 11.6 Å². The van der Waals surface area contributed by atoms with Gasteiger partial charge in [-0.05, 0) is 88.3 Å². The second kappa shape index (κ2) is 9.39. The van der Waals surface area contributed by atoms with Crippen molar-refractivity contribution in [2.45, 2.75) is 46.0 Å². The lowest BCUT2D eigenvalue weighted by Crippen LogP contribution is -2.31. The number of nitrogens with zero attached hydrogens (tertiary/aromatic N) is 1. The summed E-state index contributed by atoms with van der Waals surface area (Å²) in [5.41, 5.74) is 10.2. The summed E-state index contributed by atoms with van der Waals surface area (Å²) in [6.07, 6.45) is 1.75. The van der Waals surface area contributed by atoms with Crippen LogP contribution >= 0.6 is 0 Å². The normalized spacial score (nSPS) is 16.2. The molecule has 3 heteroatoms. The first-order valence-electron chi connectivity index (χ1n) is 14.6. The zero-order valence-electron chi connectivity index (χ0n) is 24.7. The third-order valence-electron chi connectivity index (χ3n) is 8.97. The van der Waals surface area contributed by atoms with Gasteiger partial charge in [0.15, 0.2) is 11.6 Å². The molecule has 0 saturated heterocycles. The van der Waals surface area contributed by atoms with Gasteiger partial charge in [0.25, 0.3) is 0 Å². The Hall–Kier alpha value is -4.76. The minimum atomic E-state index is -0.253. The lowest BCUT2D eigenvalue weighted by atomic mass is 9.71. The van der Waals surface area contributed by atoms with Crippen LogP contribution in [0.4, 0.5) is 17.1 Å². The molecule has 0 bridgehead atoms. The van der Waals surface area contributed by atoms with E-state index in [1.165, 1.54) is 33.5 Å². The summed E-state index contributed by atoms with van der Waals surface area (Å²) < 4.78 is 0. The number of anilines is 3. The van der Waals surface area contributed by atoms with Gasteiger partial charge in [0, 0.05) is 22.2 Å². The highest BCUT2D eigenvalue weighted by molar-refractivity contribution is 6.41. The number of allylic oxidation sites excluding steroid dienone is 1. The van der Waals surface area contributed by atoms with Gasteiger partial charge < -0.3 is 4.90 Å². The number of hydrogen-bond acceptors (Lipinski definition) is 3. The molecule has 0 aromatic heterocycles. The standard InChI is InChI=1S/C39H33NO2/c1-23(2)26-13-17-34-33(22-26)39(4,5)36-29-16-12-25(21-32-37(41)30-15-11-24(3)19-31(30)38(32)42)20-27(29)14-18-35(36)40(34)28-9-7-6-8-10-28/h6-23H,1-5H3/b32-21-. The van der Waals surface area contributed by atoms with Crippen LogP contribution in [0.1, 0.15) is 82.1 Å². The molecule has 5 aromatic carbocycles. The third kappa shape index (κ3) is 3.88. The van der Waals surface area contributed by atoms with E-state index in [2.05, 4.69) is 105 Å². The Bertz CT molecular complexity index is 1980. The van der Waals surface area contributed by atoms with Gasteiger partial charge in [0.1, 0.15) is 0 Å². The van der Waals surface area contributed by atoms with Gasteiger partial charge in [-0.1, -0.05) is 93.9 Å². The lowest BCUT2D eigenvalue weighted by Gasteiger charge is -2.43. The number of rotatable bonds is 3. The van der Waals surface area contributed by atoms with Gasteiger partial charge in [-0.2, -0.15) is 0 Å². The highest BCUT2D eigenvalue weighted by atomic mass is 16.2. The Kier molecular flexibility index (Phi) is 5.85. The van der Waals surface area contributed by atoms with Crippen LogP contribution < -0.4 is 4.90 Å². The van der Waals surface area contributed by atoms with Crippen molar-refractivity contribution in [1.82, 2.24) is 0 Å². The number of carbonyl (C=O) groups excluding carboxylic acids is 2. The molecule has 0 fully saturated rings. The molecule has 0 saturated carbocycles. The second-order valence-corrected chi connectivity index (χ2v) is 12.4. The largest absolute Gasteiger partial charge is 0.310 e. The van der Waals surface area contributed by atoms with E-state index < -0.39 is 0 Å². The molecule has 0 radical (unpaired) electrons. The zero-order valence-corrected chi connectivity index (χ0v) is 24.7. The van der Waals surface area contributed by atoms with Crippen LogP contribution in [0, 0.1) is 6.92 Å². The predicted octanol–water partition coefficient (Wildman–Crippen LogP) is 9.84. The first kappa shape index (κ1) is 26.2. The van der Waals surface area contributed by atoms with Crippen molar-refractivity contribution in [3.05, 3.63) is 142 Å². The van der Waals surface area contributed by atoms with Gasteiger partial charge in [0.05, 0.1) is 16.9 Å².